The summed E-state index contributed by atoms with van der Waals surface area (Å²) < 4.78 is 1.01. The molecule has 0 amide bonds. The van der Waals surface area contributed by atoms with Crippen LogP contribution in [0, 0.1) is 0 Å². The maximum atomic E-state index is 9.98. The molecule has 7 heteroatoms. The van der Waals surface area contributed by atoms with Gasteiger partial charge in [-0.25, -0.2) is 0 Å². The quantitative estimate of drug-likeness (QED) is 0.330. The van der Waals surface area contributed by atoms with Crippen LogP contribution in [-0.2, 0) is 4.84 Å². The predicted molar refractivity (Wildman–Crippen MR) is 83.0 cm³/mol. The zero-order valence-electron chi connectivity index (χ0n) is 10.9. The summed E-state index contributed by atoms with van der Waals surface area (Å²) in [7, 11) is 0. The van der Waals surface area contributed by atoms with Gasteiger partial charge in [-0.1, -0.05) is 34.7 Å². The largest absolute Gasteiger partial charge is 0.384 e. The zero-order valence-corrected chi connectivity index (χ0v) is 13.1. The molecule has 20 heavy (non-hydrogen) atoms. The van der Waals surface area contributed by atoms with Gasteiger partial charge in [-0.05, 0) is 25.0 Å². The second-order valence-corrected chi connectivity index (χ2v) is 5.67. The molecule has 3 unspecified atom stereocenters. The summed E-state index contributed by atoms with van der Waals surface area (Å²) >= 11 is 2.29. The molecule has 6 nitrogen and oxygen atoms in total. The van der Waals surface area contributed by atoms with Crippen LogP contribution in [0.1, 0.15) is 24.7 Å². The molecule has 0 saturated carbocycles. The zero-order chi connectivity index (χ0) is 14.5. The standard InChI is InChI=1S/C13H19IN2O4/c14-7-8-15-10-3-1-9(2-4-10)13(19)20-16-11(17)5-6-12(16)18/h1-4,11-13,15,17-19H,5-8H2. The van der Waals surface area contributed by atoms with Crippen molar-refractivity contribution >= 4 is 28.3 Å². The van der Waals surface area contributed by atoms with Gasteiger partial charge in [0.2, 0.25) is 6.29 Å². The van der Waals surface area contributed by atoms with E-state index in [0.717, 1.165) is 21.7 Å². The number of hydroxylamine groups is 2. The molecule has 1 fully saturated rings. The molecule has 0 aliphatic carbocycles. The minimum absolute atomic E-state index is 0.424. The van der Waals surface area contributed by atoms with Gasteiger partial charge < -0.3 is 20.6 Å². The average Bonchev–Trinajstić information content (AvgIpc) is 2.77. The van der Waals surface area contributed by atoms with Gasteiger partial charge in [-0.15, -0.1) is 5.06 Å². The maximum absolute atomic E-state index is 9.98. The van der Waals surface area contributed by atoms with Crippen molar-refractivity contribution in [1.82, 2.24) is 5.06 Å². The number of halogens is 1. The predicted octanol–water partition coefficient (Wildman–Crippen LogP) is 1.19. The van der Waals surface area contributed by atoms with Crippen molar-refractivity contribution in [2.45, 2.75) is 31.6 Å². The highest BCUT2D eigenvalue weighted by Crippen LogP contribution is 2.26. The molecule has 3 atom stereocenters. The van der Waals surface area contributed by atoms with Crippen LogP contribution in [0.25, 0.3) is 0 Å². The fraction of sp³-hybridized carbons (Fsp3) is 0.538. The third-order valence-corrected chi connectivity index (χ3v) is 3.65. The number of hydrogen-bond donors (Lipinski definition) is 4. The molecule has 1 aliphatic rings. The third-order valence-electron chi connectivity index (χ3n) is 3.11. The van der Waals surface area contributed by atoms with Crippen LogP contribution in [-0.4, -0.2) is 43.8 Å². The van der Waals surface area contributed by atoms with Crippen LogP contribution in [0.2, 0.25) is 0 Å². The van der Waals surface area contributed by atoms with Gasteiger partial charge in [-0.2, -0.15) is 0 Å². The first-order chi connectivity index (χ1) is 9.61. The lowest BCUT2D eigenvalue weighted by Gasteiger charge is -2.25. The lowest BCUT2D eigenvalue weighted by atomic mass is 10.2. The number of anilines is 1. The Morgan fingerprint density at radius 2 is 1.85 bits per heavy atom. The van der Waals surface area contributed by atoms with Crippen molar-refractivity contribution in [3.05, 3.63) is 29.8 Å². The summed E-state index contributed by atoms with van der Waals surface area (Å²) in [6.07, 6.45) is -2.13. The highest BCUT2D eigenvalue weighted by Gasteiger charge is 2.33. The Labute approximate surface area is 131 Å². The fourth-order valence-corrected chi connectivity index (χ4v) is 2.29. The molecule has 1 saturated heterocycles. The topological polar surface area (TPSA) is 85.2 Å². The number of rotatable bonds is 6. The van der Waals surface area contributed by atoms with Gasteiger partial charge >= 0.3 is 0 Å². The van der Waals surface area contributed by atoms with Gasteiger partial charge in [-0.3, -0.25) is 4.84 Å². The molecular weight excluding hydrogens is 375 g/mol. The van der Waals surface area contributed by atoms with Gasteiger partial charge in [0.15, 0.2) is 0 Å². The number of benzene rings is 1. The van der Waals surface area contributed by atoms with E-state index in [-0.39, 0.29) is 0 Å². The Hall–Kier alpha value is -0.450. The van der Waals surface area contributed by atoms with Crippen molar-refractivity contribution < 1.29 is 20.2 Å². The van der Waals surface area contributed by atoms with Crippen molar-refractivity contribution in [2.75, 3.05) is 16.3 Å². The lowest BCUT2D eigenvalue weighted by Crippen LogP contribution is -2.37. The Morgan fingerprint density at radius 3 is 2.40 bits per heavy atom. The second-order valence-electron chi connectivity index (χ2n) is 4.59. The molecule has 0 radical (unpaired) electrons. The highest BCUT2D eigenvalue weighted by atomic mass is 127. The van der Waals surface area contributed by atoms with E-state index in [1.54, 1.807) is 12.1 Å². The molecule has 1 aromatic rings. The number of aliphatic hydroxyl groups excluding tert-OH is 3. The van der Waals surface area contributed by atoms with Crippen LogP contribution in [0.3, 0.4) is 0 Å². The summed E-state index contributed by atoms with van der Waals surface area (Å²) in [6, 6.07) is 7.19. The molecule has 1 aromatic carbocycles. The number of alkyl halides is 1. The minimum Gasteiger partial charge on any atom is -0.384 e. The van der Waals surface area contributed by atoms with Crippen molar-refractivity contribution in [3.63, 3.8) is 0 Å². The van der Waals surface area contributed by atoms with Gasteiger partial charge in [0.05, 0.1) is 0 Å². The monoisotopic (exact) mass is 394 g/mol. The molecule has 4 N–H and O–H groups in total. The number of hydrogen-bond acceptors (Lipinski definition) is 6. The average molecular weight is 394 g/mol. The minimum atomic E-state index is -1.21. The summed E-state index contributed by atoms with van der Waals surface area (Å²) in [5.74, 6) is 0. The van der Waals surface area contributed by atoms with Crippen LogP contribution in [0.5, 0.6) is 0 Å². The first-order valence-electron chi connectivity index (χ1n) is 6.51. The van der Waals surface area contributed by atoms with Crippen LogP contribution >= 0.6 is 22.6 Å². The summed E-state index contributed by atoms with van der Waals surface area (Å²) in [5, 5.41) is 33.5. The number of nitrogens with zero attached hydrogens (tertiary/aromatic N) is 1. The smallest absolute Gasteiger partial charge is 0.201 e. The van der Waals surface area contributed by atoms with E-state index in [0.29, 0.717) is 18.4 Å². The Bertz CT molecular complexity index is 407. The summed E-state index contributed by atoms with van der Waals surface area (Å²) in [4.78, 5) is 5.21. The first-order valence-corrected chi connectivity index (χ1v) is 8.03. The van der Waals surface area contributed by atoms with Crippen LogP contribution in [0.15, 0.2) is 24.3 Å². The van der Waals surface area contributed by atoms with Gasteiger partial charge in [0.1, 0.15) is 12.5 Å². The first kappa shape index (κ1) is 15.9. The Morgan fingerprint density at radius 1 is 1.25 bits per heavy atom. The van der Waals surface area contributed by atoms with E-state index in [1.165, 1.54) is 0 Å². The van der Waals surface area contributed by atoms with Crippen LogP contribution in [0.4, 0.5) is 5.69 Å². The van der Waals surface area contributed by atoms with E-state index < -0.39 is 18.7 Å². The number of aliphatic hydroxyl groups is 3. The molecule has 2 rings (SSSR count). The SMILES string of the molecule is OC(ON1C(O)CCC1O)c1ccc(NCCI)cc1. The molecule has 0 bridgehead atoms. The molecular formula is C13H19IN2O4. The molecule has 112 valence electrons. The molecule has 0 spiro atoms. The van der Waals surface area contributed by atoms with Gasteiger partial charge in [0.25, 0.3) is 0 Å². The summed E-state index contributed by atoms with van der Waals surface area (Å²) in [6.45, 7) is 0.880. The fourth-order valence-electron chi connectivity index (χ4n) is 2.03. The van der Waals surface area contributed by atoms with Crippen molar-refractivity contribution in [2.24, 2.45) is 0 Å². The van der Waals surface area contributed by atoms with E-state index >= 15 is 0 Å². The number of nitrogens with one attached hydrogen (secondary N) is 1. The lowest BCUT2D eigenvalue weighted by molar-refractivity contribution is -0.341. The highest BCUT2D eigenvalue weighted by molar-refractivity contribution is 14.1. The van der Waals surface area contributed by atoms with Crippen molar-refractivity contribution in [3.8, 4) is 0 Å². The molecule has 0 aromatic heterocycles. The normalized spacial score (nSPS) is 24.8. The summed E-state index contributed by atoms with van der Waals surface area (Å²) in [5.41, 5.74) is 1.54. The van der Waals surface area contributed by atoms with E-state index in [2.05, 4.69) is 27.9 Å². The maximum Gasteiger partial charge on any atom is 0.201 e. The molecule has 1 aliphatic heterocycles. The van der Waals surface area contributed by atoms with Gasteiger partial charge in [0, 0.05) is 22.2 Å². The van der Waals surface area contributed by atoms with E-state index in [1.807, 2.05) is 12.1 Å². The van der Waals surface area contributed by atoms with E-state index in [9.17, 15) is 15.3 Å². The van der Waals surface area contributed by atoms with Crippen molar-refractivity contribution in [1.29, 1.82) is 0 Å². The van der Waals surface area contributed by atoms with E-state index in [4.69, 9.17) is 4.84 Å². The third kappa shape index (κ3) is 4.03. The van der Waals surface area contributed by atoms with Crippen LogP contribution < -0.4 is 5.32 Å². The Balaban J connectivity index is 1.93. The molecule has 1 heterocycles. The Kier molecular flexibility index (Phi) is 6.00. The second kappa shape index (κ2) is 7.53.